The molecule has 178 valence electrons. The summed E-state index contributed by atoms with van der Waals surface area (Å²) in [5.41, 5.74) is 3.36. The Labute approximate surface area is 198 Å². The zero-order chi connectivity index (χ0) is 23.6. The maximum Gasteiger partial charge on any atom is 0.122 e. The van der Waals surface area contributed by atoms with Crippen molar-refractivity contribution in [3.63, 3.8) is 0 Å². The Kier molecular flexibility index (Phi) is 10.8. The Morgan fingerprint density at radius 2 is 1.66 bits per heavy atom. The molecule has 0 aliphatic carbocycles. The van der Waals surface area contributed by atoms with Gasteiger partial charge >= 0.3 is 0 Å². The quantitative estimate of drug-likeness (QED) is 0.271. The van der Waals surface area contributed by atoms with Gasteiger partial charge in [0, 0.05) is 23.8 Å². The first-order valence-electron chi connectivity index (χ1n) is 11.6. The van der Waals surface area contributed by atoms with Crippen LogP contribution in [0.15, 0.2) is 42.5 Å². The fourth-order valence-electron chi connectivity index (χ4n) is 3.32. The third-order valence-corrected chi connectivity index (χ3v) is 6.18. The van der Waals surface area contributed by atoms with Gasteiger partial charge in [-0.15, -0.1) is 11.6 Å². The summed E-state index contributed by atoms with van der Waals surface area (Å²) in [4.78, 5) is 0. The molecule has 2 aromatic rings. The second-order valence-corrected chi connectivity index (χ2v) is 9.40. The van der Waals surface area contributed by atoms with Crippen molar-refractivity contribution in [3.8, 4) is 11.5 Å². The summed E-state index contributed by atoms with van der Waals surface area (Å²) in [7, 11) is 0. The highest BCUT2D eigenvalue weighted by atomic mass is 35.5. The van der Waals surface area contributed by atoms with Crippen molar-refractivity contribution < 1.29 is 19.3 Å². The lowest BCUT2D eigenvalue weighted by molar-refractivity contribution is 0.0113. The predicted molar refractivity (Wildman–Crippen MR) is 132 cm³/mol. The predicted octanol–water partition coefficient (Wildman–Crippen LogP) is 6.13. The first kappa shape index (κ1) is 26.5. The molecule has 0 heterocycles. The Morgan fingerprint density at radius 3 is 2.28 bits per heavy atom. The number of alkyl halides is 1. The van der Waals surface area contributed by atoms with Crippen LogP contribution in [0.3, 0.4) is 0 Å². The largest absolute Gasteiger partial charge is 0.493 e. The Bertz CT molecular complexity index is 804. The molecule has 0 saturated heterocycles. The highest BCUT2D eigenvalue weighted by Crippen LogP contribution is 2.34. The van der Waals surface area contributed by atoms with E-state index >= 15 is 0 Å². The molecule has 0 spiro atoms. The maximum atomic E-state index is 10.0. The SMILES string of the molecule is CCCCOC[C@H](O)COc1ccc(C(C)(C)c2ccc(OC[C@@H](C)CCl)c(C)c2)cc1. The molecule has 0 saturated carbocycles. The molecule has 0 radical (unpaired) electrons. The molecule has 1 N–H and O–H groups in total. The highest BCUT2D eigenvalue weighted by Gasteiger charge is 2.24. The van der Waals surface area contributed by atoms with E-state index in [4.69, 9.17) is 25.8 Å². The number of aliphatic hydroxyl groups excluding tert-OH is 1. The molecule has 2 rings (SSSR count). The lowest BCUT2D eigenvalue weighted by Crippen LogP contribution is -2.23. The number of hydrogen-bond acceptors (Lipinski definition) is 4. The molecule has 5 heteroatoms. The Morgan fingerprint density at radius 1 is 0.969 bits per heavy atom. The fraction of sp³-hybridized carbons (Fsp3) is 0.556. The second kappa shape index (κ2) is 13.1. The smallest absolute Gasteiger partial charge is 0.122 e. The minimum atomic E-state index is -0.626. The van der Waals surface area contributed by atoms with Gasteiger partial charge in [-0.05, 0) is 48.2 Å². The number of aryl methyl sites for hydroxylation is 1. The number of halogens is 1. The second-order valence-electron chi connectivity index (χ2n) is 9.09. The van der Waals surface area contributed by atoms with E-state index in [0.717, 1.165) is 29.9 Å². The molecule has 2 atom stereocenters. The summed E-state index contributed by atoms with van der Waals surface area (Å²) in [5, 5.41) is 10.0. The van der Waals surface area contributed by atoms with Crippen LogP contribution in [-0.4, -0.2) is 43.5 Å². The molecule has 0 fully saturated rings. The molecular formula is C27H39ClO4. The first-order valence-corrected chi connectivity index (χ1v) is 12.1. The molecular weight excluding hydrogens is 424 g/mol. The molecule has 32 heavy (non-hydrogen) atoms. The van der Waals surface area contributed by atoms with Crippen LogP contribution in [0.25, 0.3) is 0 Å². The van der Waals surface area contributed by atoms with Gasteiger partial charge in [0.2, 0.25) is 0 Å². The van der Waals surface area contributed by atoms with Gasteiger partial charge in [0.15, 0.2) is 0 Å². The van der Waals surface area contributed by atoms with Gasteiger partial charge in [-0.3, -0.25) is 0 Å². The summed E-state index contributed by atoms with van der Waals surface area (Å²) in [5.74, 6) is 2.56. The third kappa shape index (κ3) is 7.99. The molecule has 0 aliphatic rings. The van der Waals surface area contributed by atoms with Gasteiger partial charge in [-0.2, -0.15) is 0 Å². The van der Waals surface area contributed by atoms with Gasteiger partial charge in [0.1, 0.15) is 24.2 Å². The van der Waals surface area contributed by atoms with Gasteiger partial charge in [0.25, 0.3) is 0 Å². The van der Waals surface area contributed by atoms with Gasteiger partial charge in [0.05, 0.1) is 13.2 Å². The zero-order valence-corrected chi connectivity index (χ0v) is 21.0. The number of aliphatic hydroxyl groups is 1. The van der Waals surface area contributed by atoms with E-state index in [1.54, 1.807) is 0 Å². The van der Waals surface area contributed by atoms with Crippen molar-refractivity contribution >= 4 is 11.6 Å². The monoisotopic (exact) mass is 462 g/mol. The van der Waals surface area contributed by atoms with Crippen molar-refractivity contribution in [3.05, 3.63) is 59.2 Å². The van der Waals surface area contributed by atoms with Crippen molar-refractivity contribution in [2.45, 2.75) is 59.0 Å². The van der Waals surface area contributed by atoms with Crippen LogP contribution in [0.2, 0.25) is 0 Å². The minimum Gasteiger partial charge on any atom is -0.493 e. The van der Waals surface area contributed by atoms with Crippen LogP contribution in [0.5, 0.6) is 11.5 Å². The van der Waals surface area contributed by atoms with E-state index in [-0.39, 0.29) is 12.0 Å². The van der Waals surface area contributed by atoms with Crippen LogP contribution < -0.4 is 9.47 Å². The van der Waals surface area contributed by atoms with E-state index in [2.05, 4.69) is 65.0 Å². The van der Waals surface area contributed by atoms with Crippen molar-refractivity contribution in [1.82, 2.24) is 0 Å². The minimum absolute atomic E-state index is 0.169. The molecule has 4 nitrogen and oxygen atoms in total. The molecule has 0 aliphatic heterocycles. The van der Waals surface area contributed by atoms with E-state index in [0.29, 0.717) is 31.6 Å². The van der Waals surface area contributed by atoms with Gasteiger partial charge in [-0.25, -0.2) is 0 Å². The lowest BCUT2D eigenvalue weighted by Gasteiger charge is -2.27. The highest BCUT2D eigenvalue weighted by molar-refractivity contribution is 6.18. The Hall–Kier alpha value is -1.75. The average molecular weight is 463 g/mol. The molecule has 0 unspecified atom stereocenters. The topological polar surface area (TPSA) is 47.9 Å². The molecule has 2 aromatic carbocycles. The van der Waals surface area contributed by atoms with Gasteiger partial charge < -0.3 is 19.3 Å². The van der Waals surface area contributed by atoms with Crippen LogP contribution in [0.4, 0.5) is 0 Å². The zero-order valence-electron chi connectivity index (χ0n) is 20.2. The van der Waals surface area contributed by atoms with E-state index < -0.39 is 6.10 Å². The summed E-state index contributed by atoms with van der Waals surface area (Å²) >= 11 is 5.88. The third-order valence-electron chi connectivity index (χ3n) is 5.65. The van der Waals surface area contributed by atoms with Crippen LogP contribution in [-0.2, 0) is 10.2 Å². The van der Waals surface area contributed by atoms with Crippen LogP contribution >= 0.6 is 11.6 Å². The van der Waals surface area contributed by atoms with Gasteiger partial charge in [-0.1, -0.05) is 58.4 Å². The molecule has 0 bridgehead atoms. The summed E-state index contributed by atoms with van der Waals surface area (Å²) in [6.07, 6.45) is 1.47. The van der Waals surface area contributed by atoms with Crippen molar-refractivity contribution in [2.75, 3.05) is 32.3 Å². The van der Waals surface area contributed by atoms with E-state index in [9.17, 15) is 5.11 Å². The summed E-state index contributed by atoms with van der Waals surface area (Å²) in [6, 6.07) is 14.5. The first-order chi connectivity index (χ1) is 15.3. The normalized spacial score (nSPS) is 13.6. The van der Waals surface area contributed by atoms with Crippen molar-refractivity contribution in [2.24, 2.45) is 5.92 Å². The molecule has 0 aromatic heterocycles. The summed E-state index contributed by atoms with van der Waals surface area (Å²) in [6.45, 7) is 12.5. The van der Waals surface area contributed by atoms with Crippen molar-refractivity contribution in [1.29, 1.82) is 0 Å². The number of ether oxygens (including phenoxy) is 3. The number of rotatable bonds is 14. The maximum absolute atomic E-state index is 10.0. The van der Waals surface area contributed by atoms with Crippen LogP contribution in [0.1, 0.15) is 57.2 Å². The summed E-state index contributed by atoms with van der Waals surface area (Å²) < 4.78 is 17.1. The number of hydrogen-bond donors (Lipinski definition) is 1. The number of unbranched alkanes of at least 4 members (excludes halogenated alkanes) is 1. The number of benzene rings is 2. The lowest BCUT2D eigenvalue weighted by atomic mass is 9.77. The van der Waals surface area contributed by atoms with E-state index in [1.807, 2.05) is 12.1 Å². The van der Waals surface area contributed by atoms with Crippen LogP contribution in [0, 0.1) is 12.8 Å². The molecule has 0 amide bonds. The Balaban J connectivity index is 1.96. The fourth-order valence-corrected chi connectivity index (χ4v) is 3.41. The average Bonchev–Trinajstić information content (AvgIpc) is 2.79. The standard InChI is InChI=1S/C27H39ClO4/c1-6-7-14-30-18-24(29)19-31-25-11-8-22(9-12-25)27(4,5)23-10-13-26(21(3)15-23)32-17-20(2)16-28/h8-13,15,20,24,29H,6-7,14,16-19H2,1-5H3/t20-,24-/m0/s1. The van der Waals surface area contributed by atoms with E-state index in [1.165, 1.54) is 11.1 Å².